The Morgan fingerprint density at radius 3 is 2.20 bits per heavy atom. The summed E-state index contributed by atoms with van der Waals surface area (Å²) in [6, 6.07) is 0. The van der Waals surface area contributed by atoms with Gasteiger partial charge in [-0.2, -0.15) is 0 Å². The van der Waals surface area contributed by atoms with Crippen LogP contribution < -0.4 is 20.7 Å². The molecule has 16 heteroatoms. The smallest absolute Gasteiger partial charge is 0.312 e. The molecule has 3 aliphatic heterocycles. The van der Waals surface area contributed by atoms with Crippen LogP contribution in [-0.2, 0) is 28.6 Å². The molecule has 0 aromatic heterocycles. The Morgan fingerprint density at radius 2 is 1.62 bits per heavy atom. The first-order valence-electron chi connectivity index (χ1n) is 18.3. The van der Waals surface area contributed by atoms with E-state index in [0.717, 1.165) is 6.26 Å². The van der Waals surface area contributed by atoms with Gasteiger partial charge in [0.2, 0.25) is 17.5 Å². The van der Waals surface area contributed by atoms with Crippen molar-refractivity contribution < 1.29 is 63.0 Å². The number of benzene rings is 1. The van der Waals surface area contributed by atoms with Crippen LogP contribution >= 0.6 is 0 Å². The number of phenols is 1. The van der Waals surface area contributed by atoms with Gasteiger partial charge in [0.15, 0.2) is 0 Å². The minimum absolute atomic E-state index is 0.0371. The number of phenolic OH excluding ortho intramolecular Hbond substituents is 1. The number of allylic oxidation sites excluding steroid dienone is 2. The normalized spacial score (nSPS) is 36.1. The number of ether oxygens (including phenoxy) is 4. The molecule has 0 saturated heterocycles. The molecular formula is C39H51N3O13. The van der Waals surface area contributed by atoms with Crippen LogP contribution in [-0.4, -0.2) is 107 Å². The number of Topliss-reactive ketones (excluding diaryl/α,β-unsaturated/α-hetero) is 4. The Kier molecular flexibility index (Phi) is 11.4. The third kappa shape index (κ3) is 7.04. The number of ketones is 4. The number of carbonyl (C=O) groups excluding carboxylic acids is 6. The molecule has 5 bridgehead atoms. The predicted molar refractivity (Wildman–Crippen MR) is 194 cm³/mol. The van der Waals surface area contributed by atoms with Gasteiger partial charge in [-0.3, -0.25) is 28.8 Å². The van der Waals surface area contributed by atoms with Gasteiger partial charge in [0, 0.05) is 63.7 Å². The predicted octanol–water partition coefficient (Wildman–Crippen LogP) is 1.61. The van der Waals surface area contributed by atoms with Crippen LogP contribution in [0.2, 0.25) is 0 Å². The number of esters is 1. The van der Waals surface area contributed by atoms with E-state index >= 15 is 0 Å². The van der Waals surface area contributed by atoms with Crippen LogP contribution in [0.1, 0.15) is 91.0 Å². The number of likely N-dealkylation sites (N-methyl/N-ethyl adjacent to an activating group) is 2. The molecule has 6 N–H and O–H groups in total. The third-order valence-corrected chi connectivity index (χ3v) is 11.8. The fraction of sp³-hybridized carbons (Fsp3) is 0.590. The summed E-state index contributed by atoms with van der Waals surface area (Å²) in [7, 11) is 4.19. The Labute approximate surface area is 319 Å². The Hall–Kier alpha value is -4.64. The molecule has 1 aromatic rings. The first-order valence-corrected chi connectivity index (χ1v) is 18.3. The number of hydrogen-bond donors (Lipinski definition) is 6. The molecule has 55 heavy (non-hydrogen) atoms. The van der Waals surface area contributed by atoms with E-state index < -0.39 is 117 Å². The summed E-state index contributed by atoms with van der Waals surface area (Å²) in [5.41, 5.74) is -3.79. The van der Waals surface area contributed by atoms with Gasteiger partial charge < -0.3 is 50.2 Å². The maximum Gasteiger partial charge on any atom is 0.312 e. The number of aliphatic hydroxyl groups is 2. The first-order chi connectivity index (χ1) is 25.7. The summed E-state index contributed by atoms with van der Waals surface area (Å²) in [5.74, 6) is -10.7. The van der Waals surface area contributed by atoms with Crippen LogP contribution in [0.25, 0.3) is 0 Å². The molecule has 6 rings (SSSR count). The fourth-order valence-corrected chi connectivity index (χ4v) is 8.04. The van der Waals surface area contributed by atoms with Gasteiger partial charge in [-0.1, -0.05) is 20.8 Å². The van der Waals surface area contributed by atoms with E-state index in [1.165, 1.54) is 55.0 Å². The fourth-order valence-electron chi connectivity index (χ4n) is 8.04. The van der Waals surface area contributed by atoms with Crippen molar-refractivity contribution in [2.75, 3.05) is 21.2 Å². The largest absolute Gasteiger partial charge is 0.507 e. The van der Waals surface area contributed by atoms with Gasteiger partial charge in [-0.15, -0.1) is 0 Å². The van der Waals surface area contributed by atoms with Crippen molar-refractivity contribution in [2.24, 2.45) is 29.6 Å². The molecule has 0 radical (unpaired) electrons. The Bertz CT molecular complexity index is 1890. The quantitative estimate of drug-likeness (QED) is 0.239. The highest BCUT2D eigenvalue weighted by Gasteiger charge is 2.54. The topological polar surface area (TPSA) is 236 Å². The minimum Gasteiger partial charge on any atom is -0.507 e. The van der Waals surface area contributed by atoms with E-state index in [9.17, 15) is 44.1 Å². The van der Waals surface area contributed by atoms with Gasteiger partial charge in [-0.05, 0) is 39.3 Å². The molecule has 1 fully saturated rings. The van der Waals surface area contributed by atoms with E-state index in [0.29, 0.717) is 6.42 Å². The van der Waals surface area contributed by atoms with Crippen molar-refractivity contribution in [2.45, 2.75) is 97.0 Å². The number of aliphatic hydroxyl groups excluding tert-OH is 2. The summed E-state index contributed by atoms with van der Waals surface area (Å²) in [5, 5.41) is 42.2. The van der Waals surface area contributed by atoms with Crippen molar-refractivity contribution in [1.82, 2.24) is 16.0 Å². The highest BCUT2D eigenvalue weighted by atomic mass is 16.7. The number of aromatic hydroxyl groups is 1. The van der Waals surface area contributed by atoms with Crippen molar-refractivity contribution in [3.05, 3.63) is 46.0 Å². The molecule has 1 saturated carbocycles. The Balaban J connectivity index is 1.63. The maximum atomic E-state index is 14.2. The number of nitrogens with one attached hydrogen (secondary N) is 3. The van der Waals surface area contributed by atoms with Gasteiger partial charge in [0.25, 0.3) is 5.78 Å². The zero-order chi connectivity index (χ0) is 41.1. The van der Waals surface area contributed by atoms with Crippen molar-refractivity contribution in [3.63, 3.8) is 0 Å². The minimum atomic E-state index is -2.09. The molecule has 5 aliphatic rings. The highest BCUT2D eigenvalue weighted by molar-refractivity contribution is 6.32. The van der Waals surface area contributed by atoms with Gasteiger partial charge in [-0.25, -0.2) is 0 Å². The number of hydrogen-bond acceptors (Lipinski definition) is 15. The molecule has 2 aliphatic carbocycles. The lowest BCUT2D eigenvalue weighted by molar-refractivity contribution is -0.160. The molecular weight excluding hydrogens is 718 g/mol. The summed E-state index contributed by atoms with van der Waals surface area (Å²) >= 11 is 0. The summed E-state index contributed by atoms with van der Waals surface area (Å²) in [6.07, 6.45) is -1.57. The third-order valence-electron chi connectivity index (χ3n) is 11.8. The maximum absolute atomic E-state index is 14.2. The number of fused-ring (bicyclic) bond motifs is 13. The van der Waals surface area contributed by atoms with Crippen LogP contribution in [0.4, 0.5) is 0 Å². The van der Waals surface area contributed by atoms with Crippen molar-refractivity contribution >= 4 is 35.0 Å². The van der Waals surface area contributed by atoms with Crippen molar-refractivity contribution in [1.29, 1.82) is 0 Å². The summed E-state index contributed by atoms with van der Waals surface area (Å²) < 4.78 is 23.3. The second kappa shape index (κ2) is 15.1. The Morgan fingerprint density at radius 1 is 0.964 bits per heavy atom. The lowest BCUT2D eigenvalue weighted by Crippen LogP contribution is -2.56. The summed E-state index contributed by atoms with van der Waals surface area (Å²) in [6.45, 7) is 10.4. The monoisotopic (exact) mass is 769 g/mol. The molecule has 3 heterocycles. The second-order valence-electron chi connectivity index (χ2n) is 15.4. The second-order valence-corrected chi connectivity index (χ2v) is 15.4. The van der Waals surface area contributed by atoms with E-state index in [1.54, 1.807) is 20.8 Å². The molecule has 0 spiro atoms. The number of methoxy groups -OCH3 is 1. The van der Waals surface area contributed by atoms with E-state index in [1.807, 2.05) is 0 Å². The molecule has 300 valence electrons. The SMILES string of the molecule is CNC1=C2NC(=O)C(C)(NC)CC(=O)[C@@H]3C[C@@H]3[C@H](O)[C@@H](C)[C@@H](O)[C@@H](C)[C@H](OC(C)=O)[C@H](C)[C@@H](OC)/C=C/O[C@@]3(C)Oc4c(C)c(O)c(c(c4C3=O)C1=O)C2=O. The molecule has 1 amide bonds. The zero-order valence-electron chi connectivity index (χ0n) is 32.7. The molecule has 16 nitrogen and oxygen atoms in total. The molecule has 11 atom stereocenters. The van der Waals surface area contributed by atoms with Gasteiger partial charge >= 0.3 is 11.8 Å². The van der Waals surface area contributed by atoms with E-state index in [-0.39, 0.29) is 34.8 Å². The van der Waals surface area contributed by atoms with Gasteiger partial charge in [0.05, 0.1) is 41.3 Å². The van der Waals surface area contributed by atoms with E-state index in [2.05, 4.69) is 16.0 Å². The zero-order valence-corrected chi connectivity index (χ0v) is 32.7. The first kappa shape index (κ1) is 41.5. The number of carbonyl (C=O) groups is 6. The van der Waals surface area contributed by atoms with Crippen LogP contribution in [0.5, 0.6) is 11.5 Å². The summed E-state index contributed by atoms with van der Waals surface area (Å²) in [4.78, 5) is 82.4. The number of rotatable bonds is 4. The highest BCUT2D eigenvalue weighted by Crippen LogP contribution is 2.49. The van der Waals surface area contributed by atoms with Gasteiger partial charge in [0.1, 0.15) is 40.3 Å². The lowest BCUT2D eigenvalue weighted by atomic mass is 9.79. The lowest BCUT2D eigenvalue weighted by Gasteiger charge is -2.37. The van der Waals surface area contributed by atoms with Crippen LogP contribution in [0.15, 0.2) is 23.7 Å². The average Bonchev–Trinajstić information content (AvgIpc) is 3.91. The van der Waals surface area contributed by atoms with Crippen LogP contribution in [0, 0.1) is 36.5 Å². The molecule has 1 unspecified atom stereocenters. The average molecular weight is 770 g/mol. The molecule has 1 aromatic carbocycles. The van der Waals surface area contributed by atoms with Crippen molar-refractivity contribution in [3.8, 4) is 11.5 Å². The van der Waals surface area contributed by atoms with E-state index in [4.69, 9.17) is 18.9 Å². The van der Waals surface area contributed by atoms with Crippen LogP contribution in [0.3, 0.4) is 0 Å². The standard InChI is InChI=1S/C39H51N3O13/c1-15-23(52-10)11-12-53-39(7)36(50)26-24-25(31(47)18(4)35(26)55-39)33(49)28(27(40-8)32(24)48)42-37(51)38(6,41-9)14-22(44)20-13-21(20)30(46)16(2)29(45)17(3)34(15)54-19(5)43/h11-12,15-17,20-21,23,29-30,34,40-41,45-47H,13-14H2,1-10H3,(H,42,51)/b12-11+/t15-,16+,17-,20-,21+,23+,29-,30-,34-,38?,39+/m1/s1. The number of amides is 1.